The first-order chi connectivity index (χ1) is 8.04. The van der Waals surface area contributed by atoms with Crippen LogP contribution in [0.1, 0.15) is 0 Å². The molecule has 0 aromatic carbocycles. The van der Waals surface area contributed by atoms with Gasteiger partial charge in [-0.3, -0.25) is 13.9 Å². The van der Waals surface area contributed by atoms with Crippen LogP contribution in [-0.4, -0.2) is 35.3 Å². The van der Waals surface area contributed by atoms with Gasteiger partial charge in [-0.05, 0) is 0 Å². The second-order valence-electron chi connectivity index (χ2n) is 4.29. The zero-order valence-corrected chi connectivity index (χ0v) is 10.1. The third kappa shape index (κ3) is 1.82. The van der Waals surface area contributed by atoms with Gasteiger partial charge in [0.2, 0.25) is 0 Å². The Morgan fingerprint density at radius 1 is 1.12 bits per heavy atom. The molecule has 94 valence electrons. The highest BCUT2D eigenvalue weighted by molar-refractivity contribution is 5.62. The molecule has 0 unspecified atom stereocenters. The Kier molecular flexibility index (Phi) is 2.93. The minimum atomic E-state index is -0.389. The maximum Gasteiger partial charge on any atom is 0.332 e. The standard InChI is InChI=1S/C10H17N5O2/c1-13-8(11)7(9(16)14(2)10(13)17)15-5-3-12-4-6-15/h12H,3-6,11H2,1-2H3/p+1. The molecular formula is C10H18N5O2+. The van der Waals surface area contributed by atoms with E-state index in [4.69, 9.17) is 5.73 Å². The molecule has 0 spiro atoms. The van der Waals surface area contributed by atoms with Gasteiger partial charge >= 0.3 is 5.69 Å². The van der Waals surface area contributed by atoms with Crippen LogP contribution in [0.2, 0.25) is 0 Å². The Balaban J connectivity index is 2.61. The average Bonchev–Trinajstić information content (AvgIpc) is 2.36. The van der Waals surface area contributed by atoms with Crippen molar-refractivity contribution in [2.45, 2.75) is 0 Å². The number of rotatable bonds is 1. The van der Waals surface area contributed by atoms with E-state index in [1.807, 2.05) is 4.90 Å². The summed E-state index contributed by atoms with van der Waals surface area (Å²) in [6, 6.07) is 0. The molecule has 4 N–H and O–H groups in total. The summed E-state index contributed by atoms with van der Waals surface area (Å²) >= 11 is 0. The number of quaternary nitrogens is 1. The molecule has 1 aliphatic rings. The van der Waals surface area contributed by atoms with Crippen LogP contribution in [0.15, 0.2) is 9.59 Å². The zero-order valence-electron chi connectivity index (χ0n) is 10.1. The van der Waals surface area contributed by atoms with Gasteiger partial charge in [0.1, 0.15) is 11.5 Å². The van der Waals surface area contributed by atoms with Gasteiger partial charge in [0.15, 0.2) is 0 Å². The van der Waals surface area contributed by atoms with Gasteiger partial charge in [0.05, 0.1) is 26.2 Å². The lowest BCUT2D eigenvalue weighted by atomic mass is 10.3. The first-order valence-electron chi connectivity index (χ1n) is 5.66. The van der Waals surface area contributed by atoms with E-state index in [0.29, 0.717) is 5.69 Å². The number of nitrogen functional groups attached to an aromatic ring is 1. The fourth-order valence-corrected chi connectivity index (χ4v) is 2.11. The Morgan fingerprint density at radius 2 is 1.71 bits per heavy atom. The number of nitrogens with zero attached hydrogens (tertiary/aromatic N) is 3. The summed E-state index contributed by atoms with van der Waals surface area (Å²) < 4.78 is 2.42. The van der Waals surface area contributed by atoms with E-state index >= 15 is 0 Å². The van der Waals surface area contributed by atoms with E-state index in [1.165, 1.54) is 11.6 Å². The van der Waals surface area contributed by atoms with Crippen LogP contribution in [0.3, 0.4) is 0 Å². The van der Waals surface area contributed by atoms with Crippen LogP contribution in [-0.2, 0) is 14.1 Å². The van der Waals surface area contributed by atoms with Crippen LogP contribution in [0.4, 0.5) is 11.5 Å². The number of nitrogens with two attached hydrogens (primary N) is 2. The Morgan fingerprint density at radius 3 is 2.29 bits per heavy atom. The number of anilines is 2. The number of hydrogen-bond acceptors (Lipinski definition) is 4. The second kappa shape index (κ2) is 4.25. The predicted molar refractivity (Wildman–Crippen MR) is 65.2 cm³/mol. The van der Waals surface area contributed by atoms with Crippen LogP contribution in [0, 0.1) is 0 Å². The normalized spacial score (nSPS) is 16.2. The lowest BCUT2D eigenvalue weighted by molar-refractivity contribution is -0.655. The van der Waals surface area contributed by atoms with E-state index in [0.717, 1.165) is 30.7 Å². The van der Waals surface area contributed by atoms with Gasteiger partial charge in [-0.2, -0.15) is 0 Å². The van der Waals surface area contributed by atoms with Crippen molar-refractivity contribution >= 4 is 11.5 Å². The Labute approximate surface area is 98.4 Å². The van der Waals surface area contributed by atoms with Gasteiger partial charge in [0, 0.05) is 14.1 Å². The van der Waals surface area contributed by atoms with Crippen molar-refractivity contribution in [3.63, 3.8) is 0 Å². The molecule has 0 radical (unpaired) electrons. The van der Waals surface area contributed by atoms with E-state index < -0.39 is 0 Å². The lowest BCUT2D eigenvalue weighted by Crippen LogP contribution is -2.90. The summed E-state index contributed by atoms with van der Waals surface area (Å²) in [6.07, 6.45) is 0. The predicted octanol–water partition coefficient (Wildman–Crippen LogP) is -2.95. The largest absolute Gasteiger partial charge is 0.383 e. The van der Waals surface area contributed by atoms with E-state index in [9.17, 15) is 9.59 Å². The number of hydrogen-bond donors (Lipinski definition) is 2. The quantitative estimate of drug-likeness (QED) is 0.549. The van der Waals surface area contributed by atoms with Crippen molar-refractivity contribution in [1.82, 2.24) is 9.13 Å². The topological polar surface area (TPSA) is 89.9 Å². The second-order valence-corrected chi connectivity index (χ2v) is 4.29. The third-order valence-electron chi connectivity index (χ3n) is 3.21. The monoisotopic (exact) mass is 240 g/mol. The Hall–Kier alpha value is -1.76. The molecule has 0 saturated carbocycles. The van der Waals surface area contributed by atoms with Crippen LogP contribution < -0.4 is 27.2 Å². The minimum Gasteiger partial charge on any atom is -0.383 e. The molecular weight excluding hydrogens is 222 g/mol. The van der Waals surface area contributed by atoms with Crippen LogP contribution in [0.25, 0.3) is 0 Å². The van der Waals surface area contributed by atoms with E-state index in [2.05, 4.69) is 5.32 Å². The maximum atomic E-state index is 12.1. The maximum absolute atomic E-state index is 12.1. The molecule has 0 bridgehead atoms. The molecule has 2 heterocycles. The van der Waals surface area contributed by atoms with Gasteiger partial charge in [-0.25, -0.2) is 4.79 Å². The van der Waals surface area contributed by atoms with Crippen LogP contribution >= 0.6 is 0 Å². The lowest BCUT2D eigenvalue weighted by Gasteiger charge is -2.28. The van der Waals surface area contributed by atoms with Crippen molar-refractivity contribution in [2.75, 3.05) is 36.8 Å². The molecule has 2 rings (SSSR count). The fourth-order valence-electron chi connectivity index (χ4n) is 2.11. The third-order valence-corrected chi connectivity index (χ3v) is 3.21. The number of piperazine rings is 1. The summed E-state index contributed by atoms with van der Waals surface area (Å²) in [5.74, 6) is 0.250. The average molecular weight is 240 g/mol. The molecule has 0 amide bonds. The summed E-state index contributed by atoms with van der Waals surface area (Å²) in [7, 11) is 3.06. The van der Waals surface area contributed by atoms with Crippen molar-refractivity contribution in [1.29, 1.82) is 0 Å². The van der Waals surface area contributed by atoms with E-state index in [1.54, 1.807) is 7.05 Å². The van der Waals surface area contributed by atoms with Gasteiger partial charge in [-0.1, -0.05) is 0 Å². The smallest absolute Gasteiger partial charge is 0.332 e. The minimum absolute atomic E-state index is 0.250. The molecule has 1 aromatic rings. The fraction of sp³-hybridized carbons (Fsp3) is 0.600. The molecule has 7 heteroatoms. The highest BCUT2D eigenvalue weighted by Crippen LogP contribution is 2.15. The Bertz CT molecular complexity index is 539. The molecule has 1 aromatic heterocycles. The first kappa shape index (κ1) is 11.7. The summed E-state index contributed by atoms with van der Waals surface area (Å²) in [4.78, 5) is 25.7. The highest BCUT2D eigenvalue weighted by atomic mass is 16.2. The van der Waals surface area contributed by atoms with Crippen molar-refractivity contribution in [2.24, 2.45) is 14.1 Å². The van der Waals surface area contributed by atoms with Crippen LogP contribution in [0.5, 0.6) is 0 Å². The molecule has 1 fully saturated rings. The summed E-state index contributed by atoms with van der Waals surface area (Å²) in [6.45, 7) is 3.42. The van der Waals surface area contributed by atoms with Crippen molar-refractivity contribution < 1.29 is 5.32 Å². The highest BCUT2D eigenvalue weighted by Gasteiger charge is 2.21. The molecule has 1 aliphatic heterocycles. The van der Waals surface area contributed by atoms with Gasteiger partial charge in [0.25, 0.3) is 5.56 Å². The molecule has 0 atom stereocenters. The molecule has 17 heavy (non-hydrogen) atoms. The summed E-state index contributed by atoms with van der Waals surface area (Å²) in [5, 5.41) is 2.19. The van der Waals surface area contributed by atoms with Gasteiger partial charge < -0.3 is 16.0 Å². The SMILES string of the molecule is Cn1c(N)c(N2CC[NH2+]CC2)c(=O)n(C)c1=O. The van der Waals surface area contributed by atoms with Gasteiger partial charge in [-0.15, -0.1) is 0 Å². The number of aromatic nitrogens is 2. The summed E-state index contributed by atoms with van der Waals surface area (Å²) in [5.41, 5.74) is 5.63. The van der Waals surface area contributed by atoms with Crippen molar-refractivity contribution in [3.8, 4) is 0 Å². The van der Waals surface area contributed by atoms with Crippen molar-refractivity contribution in [3.05, 3.63) is 20.8 Å². The molecule has 7 nitrogen and oxygen atoms in total. The first-order valence-corrected chi connectivity index (χ1v) is 5.66. The molecule has 1 saturated heterocycles. The zero-order chi connectivity index (χ0) is 12.6. The van der Waals surface area contributed by atoms with E-state index in [-0.39, 0.29) is 17.1 Å². The molecule has 0 aliphatic carbocycles.